The molecule has 0 bridgehead atoms. The number of aliphatic hydroxyl groups is 2. The number of nitrogens with one attached hydrogen (secondary N) is 1. The Bertz CT molecular complexity index is 1180. The summed E-state index contributed by atoms with van der Waals surface area (Å²) in [6.07, 6.45) is 78.7. The second-order valence-electron chi connectivity index (χ2n) is 22.4. The highest BCUT2D eigenvalue weighted by molar-refractivity contribution is 5.76. The summed E-state index contributed by atoms with van der Waals surface area (Å²) in [6.45, 7) is 4.93. The first kappa shape index (κ1) is 71.1. The van der Waals surface area contributed by atoms with Gasteiger partial charge >= 0.3 is 5.97 Å². The van der Waals surface area contributed by atoms with Crippen LogP contribution < -0.4 is 5.32 Å². The summed E-state index contributed by atoms with van der Waals surface area (Å²) in [5, 5.41) is 23.4. The summed E-state index contributed by atoms with van der Waals surface area (Å²) in [7, 11) is 0. The van der Waals surface area contributed by atoms with Gasteiger partial charge in [-0.05, 0) is 83.5 Å². The minimum Gasteiger partial charge on any atom is -0.466 e. The van der Waals surface area contributed by atoms with Crippen molar-refractivity contribution in [3.63, 3.8) is 0 Å². The first-order chi connectivity index (χ1) is 36.0. The molecule has 0 radical (unpaired) electrons. The lowest BCUT2D eigenvalue weighted by Gasteiger charge is -2.22. The van der Waals surface area contributed by atoms with Gasteiger partial charge in [-0.1, -0.05) is 294 Å². The standard InChI is InChI=1S/C67H127NO5/c1-3-5-7-9-11-13-15-17-19-20-21-22-23-24-25-28-32-35-39-43-47-51-55-59-65(70)64(63-69)68-66(71)60-56-52-48-44-40-36-33-29-26-27-30-34-38-42-46-50-54-58-62-73-67(72)61-57-53-49-45-41-37-31-18-16-14-12-10-8-6-4-2/h12,14,18,29,31,33,64-65,69-70H,3-11,13,15-17,19-28,30,32,34-63H2,1-2H3,(H,68,71)/b14-12-,31-18-,33-29-. The first-order valence-corrected chi connectivity index (χ1v) is 32.7. The van der Waals surface area contributed by atoms with Gasteiger partial charge in [0.15, 0.2) is 0 Å². The van der Waals surface area contributed by atoms with E-state index in [2.05, 4.69) is 55.6 Å². The third-order valence-corrected chi connectivity index (χ3v) is 15.2. The molecule has 2 atom stereocenters. The van der Waals surface area contributed by atoms with Crippen molar-refractivity contribution >= 4 is 11.9 Å². The van der Waals surface area contributed by atoms with Gasteiger partial charge in [-0.15, -0.1) is 0 Å². The van der Waals surface area contributed by atoms with Crippen molar-refractivity contribution in [2.75, 3.05) is 13.2 Å². The number of amides is 1. The molecule has 6 heteroatoms. The summed E-state index contributed by atoms with van der Waals surface area (Å²) < 4.78 is 5.47. The van der Waals surface area contributed by atoms with Gasteiger partial charge in [-0.25, -0.2) is 0 Å². The van der Waals surface area contributed by atoms with Crippen LogP contribution in [0.25, 0.3) is 0 Å². The van der Waals surface area contributed by atoms with E-state index >= 15 is 0 Å². The van der Waals surface area contributed by atoms with E-state index in [0.717, 1.165) is 70.6 Å². The highest BCUT2D eigenvalue weighted by Crippen LogP contribution is 2.18. The lowest BCUT2D eigenvalue weighted by Crippen LogP contribution is -2.45. The molecule has 0 aromatic rings. The van der Waals surface area contributed by atoms with E-state index in [-0.39, 0.29) is 18.5 Å². The molecule has 0 fully saturated rings. The van der Waals surface area contributed by atoms with Crippen LogP contribution in [-0.4, -0.2) is 47.4 Å². The zero-order valence-electron chi connectivity index (χ0n) is 49.1. The van der Waals surface area contributed by atoms with E-state index in [1.807, 2.05) is 0 Å². The number of unbranched alkanes of at least 4 members (excludes halogenated alkanes) is 44. The predicted octanol–water partition coefficient (Wildman–Crippen LogP) is 20.8. The largest absolute Gasteiger partial charge is 0.466 e. The molecule has 6 nitrogen and oxygen atoms in total. The number of aliphatic hydroxyl groups excluding tert-OH is 2. The molecule has 430 valence electrons. The quantitative estimate of drug-likeness (QED) is 0.0320. The van der Waals surface area contributed by atoms with E-state index in [1.54, 1.807) is 0 Å². The molecule has 1 amide bonds. The van der Waals surface area contributed by atoms with Crippen LogP contribution in [-0.2, 0) is 14.3 Å². The third kappa shape index (κ3) is 59.2. The third-order valence-electron chi connectivity index (χ3n) is 15.2. The van der Waals surface area contributed by atoms with Crippen molar-refractivity contribution < 1.29 is 24.5 Å². The number of carbonyl (C=O) groups is 2. The average Bonchev–Trinajstić information content (AvgIpc) is 3.39. The highest BCUT2D eigenvalue weighted by atomic mass is 16.5. The molecule has 0 aromatic heterocycles. The Morgan fingerprint density at radius 1 is 0.384 bits per heavy atom. The molecule has 3 N–H and O–H groups in total. The molecule has 0 saturated carbocycles. The van der Waals surface area contributed by atoms with Gasteiger partial charge in [-0.3, -0.25) is 9.59 Å². The van der Waals surface area contributed by atoms with Crippen LogP contribution in [0.15, 0.2) is 36.5 Å². The van der Waals surface area contributed by atoms with Crippen molar-refractivity contribution in [3.05, 3.63) is 36.5 Å². The van der Waals surface area contributed by atoms with Gasteiger partial charge in [0.2, 0.25) is 5.91 Å². The molecule has 0 aromatic carbocycles. The maximum atomic E-state index is 12.5. The van der Waals surface area contributed by atoms with Gasteiger partial charge in [0.25, 0.3) is 0 Å². The van der Waals surface area contributed by atoms with Gasteiger partial charge in [0.05, 0.1) is 25.4 Å². The molecular weight excluding hydrogens is 899 g/mol. The molecule has 0 aliphatic heterocycles. The van der Waals surface area contributed by atoms with Crippen molar-refractivity contribution in [3.8, 4) is 0 Å². The van der Waals surface area contributed by atoms with Crippen LogP contribution in [0.1, 0.15) is 354 Å². The molecule has 73 heavy (non-hydrogen) atoms. The second kappa shape index (κ2) is 62.6. The Balaban J connectivity index is 3.45. The number of rotatable bonds is 61. The highest BCUT2D eigenvalue weighted by Gasteiger charge is 2.20. The lowest BCUT2D eigenvalue weighted by atomic mass is 10.0. The number of hydrogen-bond acceptors (Lipinski definition) is 5. The number of ether oxygens (including phenoxy) is 1. The molecule has 0 aliphatic rings. The van der Waals surface area contributed by atoms with Crippen LogP contribution >= 0.6 is 0 Å². The Morgan fingerprint density at radius 3 is 1.08 bits per heavy atom. The van der Waals surface area contributed by atoms with Crippen molar-refractivity contribution in [1.82, 2.24) is 5.32 Å². The molecule has 0 saturated heterocycles. The monoisotopic (exact) mass is 1030 g/mol. The van der Waals surface area contributed by atoms with Crippen molar-refractivity contribution in [1.29, 1.82) is 0 Å². The molecule has 0 aliphatic carbocycles. The minimum atomic E-state index is -0.675. The van der Waals surface area contributed by atoms with E-state index in [0.29, 0.717) is 25.9 Å². The van der Waals surface area contributed by atoms with E-state index < -0.39 is 12.1 Å². The fraction of sp³-hybridized carbons (Fsp3) is 0.881. The number of carbonyl (C=O) groups excluding carboxylic acids is 2. The summed E-state index contributed by atoms with van der Waals surface area (Å²) in [4.78, 5) is 24.6. The summed E-state index contributed by atoms with van der Waals surface area (Å²) in [5.74, 6) is -0.0569. The van der Waals surface area contributed by atoms with Gasteiger partial charge in [0, 0.05) is 12.8 Å². The van der Waals surface area contributed by atoms with Gasteiger partial charge in [-0.2, -0.15) is 0 Å². The molecule has 0 heterocycles. The van der Waals surface area contributed by atoms with Crippen LogP contribution in [0.3, 0.4) is 0 Å². The summed E-state index contributed by atoms with van der Waals surface area (Å²) in [6, 6.07) is -0.554. The summed E-state index contributed by atoms with van der Waals surface area (Å²) >= 11 is 0. The minimum absolute atomic E-state index is 0.0105. The molecular formula is C67H127NO5. The molecule has 0 rings (SSSR count). The zero-order valence-corrected chi connectivity index (χ0v) is 49.1. The Labute approximate surface area is 455 Å². The van der Waals surface area contributed by atoms with Gasteiger partial charge < -0.3 is 20.3 Å². The van der Waals surface area contributed by atoms with E-state index in [9.17, 15) is 19.8 Å². The summed E-state index contributed by atoms with van der Waals surface area (Å²) in [5.41, 5.74) is 0. The topological polar surface area (TPSA) is 95.9 Å². The van der Waals surface area contributed by atoms with Crippen LogP contribution in [0, 0.1) is 0 Å². The van der Waals surface area contributed by atoms with E-state index in [1.165, 1.54) is 250 Å². The first-order valence-electron chi connectivity index (χ1n) is 32.7. The second-order valence-corrected chi connectivity index (χ2v) is 22.4. The molecule has 0 spiro atoms. The SMILES string of the molecule is CCCCC/C=C\C/C=C\CCCCCCCC(=O)OCCCCCCCCCCC/C=C\CCCCCCCC(=O)NC(CO)C(O)CCCCCCCCCCCCCCCCCCCCCCCCC. The number of hydrogen-bond donors (Lipinski definition) is 3. The smallest absolute Gasteiger partial charge is 0.305 e. The average molecular weight is 1030 g/mol. The van der Waals surface area contributed by atoms with Crippen molar-refractivity contribution in [2.24, 2.45) is 0 Å². The zero-order chi connectivity index (χ0) is 52.9. The Kier molecular flexibility index (Phi) is 61.0. The van der Waals surface area contributed by atoms with Crippen LogP contribution in [0.2, 0.25) is 0 Å². The maximum absolute atomic E-state index is 12.5. The maximum Gasteiger partial charge on any atom is 0.305 e. The van der Waals surface area contributed by atoms with Crippen LogP contribution in [0.5, 0.6) is 0 Å². The van der Waals surface area contributed by atoms with E-state index in [4.69, 9.17) is 4.74 Å². The number of esters is 1. The van der Waals surface area contributed by atoms with Crippen molar-refractivity contribution in [2.45, 2.75) is 366 Å². The fourth-order valence-electron chi connectivity index (χ4n) is 10.1. The fourth-order valence-corrected chi connectivity index (χ4v) is 10.1. The number of allylic oxidation sites excluding steroid dienone is 6. The lowest BCUT2D eigenvalue weighted by molar-refractivity contribution is -0.143. The Morgan fingerprint density at radius 2 is 0.685 bits per heavy atom. The Hall–Kier alpha value is -1.92. The predicted molar refractivity (Wildman–Crippen MR) is 319 cm³/mol. The van der Waals surface area contributed by atoms with Gasteiger partial charge in [0.1, 0.15) is 0 Å². The van der Waals surface area contributed by atoms with Crippen LogP contribution in [0.4, 0.5) is 0 Å². The molecule has 2 unspecified atom stereocenters. The normalized spacial score (nSPS) is 12.8.